The number of hydrogen-bond donors (Lipinski definition) is 1. The molecule has 1 aliphatic heterocycles. The van der Waals surface area contributed by atoms with Crippen LogP contribution in [0.1, 0.15) is 18.6 Å². The number of piperazine rings is 1. The Balaban J connectivity index is 1.95. The lowest BCUT2D eigenvalue weighted by atomic mass is 10.1. The molecule has 5 heteroatoms. The summed E-state index contributed by atoms with van der Waals surface area (Å²) in [7, 11) is 3.22. The van der Waals surface area contributed by atoms with Gasteiger partial charge >= 0.3 is 0 Å². The molecule has 0 aliphatic carbocycles. The molecular weight excluding hydrogens is 268 g/mol. The second kappa shape index (κ2) is 7.64. The monoisotopic (exact) mass is 294 g/mol. The van der Waals surface area contributed by atoms with E-state index < -0.39 is 6.10 Å². The molecule has 1 fully saturated rings. The normalized spacial score (nSPS) is 18.5. The highest BCUT2D eigenvalue weighted by Crippen LogP contribution is 2.30. The summed E-state index contributed by atoms with van der Waals surface area (Å²) in [6, 6.07) is 5.59. The predicted octanol–water partition coefficient (Wildman–Crippen LogP) is 1.37. The van der Waals surface area contributed by atoms with Gasteiger partial charge in [-0.3, -0.25) is 4.90 Å². The van der Waals surface area contributed by atoms with Crippen molar-refractivity contribution in [3.05, 3.63) is 23.8 Å². The van der Waals surface area contributed by atoms with E-state index in [1.54, 1.807) is 14.2 Å². The van der Waals surface area contributed by atoms with E-state index in [1.165, 1.54) is 0 Å². The van der Waals surface area contributed by atoms with Crippen LogP contribution >= 0.6 is 0 Å². The van der Waals surface area contributed by atoms with E-state index in [1.807, 2.05) is 18.2 Å². The Morgan fingerprint density at radius 3 is 2.24 bits per heavy atom. The molecule has 0 radical (unpaired) electrons. The van der Waals surface area contributed by atoms with Crippen molar-refractivity contribution in [2.75, 3.05) is 53.5 Å². The molecule has 1 heterocycles. The van der Waals surface area contributed by atoms with Gasteiger partial charge in [-0.25, -0.2) is 0 Å². The van der Waals surface area contributed by atoms with Crippen molar-refractivity contribution in [1.82, 2.24) is 9.80 Å². The molecule has 1 aliphatic rings. The van der Waals surface area contributed by atoms with Gasteiger partial charge in [-0.1, -0.05) is 13.0 Å². The fourth-order valence-electron chi connectivity index (χ4n) is 2.70. The molecule has 5 nitrogen and oxygen atoms in total. The summed E-state index contributed by atoms with van der Waals surface area (Å²) < 4.78 is 10.5. The smallest absolute Gasteiger partial charge is 0.161 e. The standard InChI is InChI=1S/C16H26N2O3/c1-4-17-7-9-18(10-8-17)12-14(19)13-5-6-15(20-2)16(11-13)21-3/h5-6,11,14,19H,4,7-10,12H2,1-3H3. The van der Waals surface area contributed by atoms with E-state index in [0.717, 1.165) is 38.3 Å². The zero-order valence-corrected chi connectivity index (χ0v) is 13.2. The van der Waals surface area contributed by atoms with E-state index in [-0.39, 0.29) is 0 Å². The van der Waals surface area contributed by atoms with Crippen LogP contribution in [0.5, 0.6) is 11.5 Å². The number of aliphatic hydroxyl groups is 1. The molecule has 0 bridgehead atoms. The number of methoxy groups -OCH3 is 2. The van der Waals surface area contributed by atoms with Crippen molar-refractivity contribution >= 4 is 0 Å². The summed E-state index contributed by atoms with van der Waals surface area (Å²) in [5.74, 6) is 1.34. The Kier molecular flexibility index (Phi) is 5.85. The lowest BCUT2D eigenvalue weighted by molar-refractivity contribution is 0.0742. The molecule has 1 N–H and O–H groups in total. The summed E-state index contributed by atoms with van der Waals surface area (Å²) in [5.41, 5.74) is 0.866. The van der Waals surface area contributed by atoms with Gasteiger partial charge < -0.3 is 19.5 Å². The van der Waals surface area contributed by atoms with Crippen molar-refractivity contribution in [3.63, 3.8) is 0 Å². The number of ether oxygens (including phenoxy) is 2. The fourth-order valence-corrected chi connectivity index (χ4v) is 2.70. The van der Waals surface area contributed by atoms with Gasteiger partial charge in [-0.2, -0.15) is 0 Å². The van der Waals surface area contributed by atoms with Crippen LogP contribution in [-0.2, 0) is 0 Å². The van der Waals surface area contributed by atoms with Crippen LogP contribution in [0.4, 0.5) is 0 Å². The predicted molar refractivity (Wildman–Crippen MR) is 83.1 cm³/mol. The molecule has 0 aromatic heterocycles. The quantitative estimate of drug-likeness (QED) is 0.858. The Morgan fingerprint density at radius 1 is 1.05 bits per heavy atom. The first-order chi connectivity index (χ1) is 10.2. The fraction of sp³-hybridized carbons (Fsp3) is 0.625. The molecule has 1 unspecified atom stereocenters. The topological polar surface area (TPSA) is 45.2 Å². The van der Waals surface area contributed by atoms with Gasteiger partial charge in [0.25, 0.3) is 0 Å². The second-order valence-electron chi connectivity index (χ2n) is 5.37. The molecule has 2 rings (SSSR count). The minimum absolute atomic E-state index is 0.502. The molecular formula is C16H26N2O3. The van der Waals surface area contributed by atoms with Gasteiger partial charge in [0.05, 0.1) is 20.3 Å². The number of benzene rings is 1. The van der Waals surface area contributed by atoms with Crippen LogP contribution in [0.15, 0.2) is 18.2 Å². The molecule has 1 saturated heterocycles. The molecule has 1 atom stereocenters. The summed E-state index contributed by atoms with van der Waals surface area (Å²) in [5, 5.41) is 10.4. The van der Waals surface area contributed by atoms with Crippen LogP contribution in [0, 0.1) is 0 Å². The maximum absolute atomic E-state index is 10.4. The van der Waals surface area contributed by atoms with Gasteiger partial charge in [0.2, 0.25) is 0 Å². The van der Waals surface area contributed by atoms with E-state index in [2.05, 4.69) is 16.7 Å². The van der Waals surface area contributed by atoms with Crippen molar-refractivity contribution < 1.29 is 14.6 Å². The summed E-state index contributed by atoms with van der Waals surface area (Å²) >= 11 is 0. The third-order valence-electron chi connectivity index (χ3n) is 4.14. The van der Waals surface area contributed by atoms with E-state index in [9.17, 15) is 5.11 Å². The Labute approximate surface area is 127 Å². The first-order valence-corrected chi connectivity index (χ1v) is 7.52. The van der Waals surface area contributed by atoms with E-state index in [4.69, 9.17) is 9.47 Å². The Morgan fingerprint density at radius 2 is 1.67 bits per heavy atom. The maximum Gasteiger partial charge on any atom is 0.161 e. The highest BCUT2D eigenvalue weighted by molar-refractivity contribution is 5.43. The summed E-state index contributed by atoms with van der Waals surface area (Å²) in [6.07, 6.45) is -0.502. The maximum atomic E-state index is 10.4. The molecule has 0 amide bonds. The SMILES string of the molecule is CCN1CCN(CC(O)c2ccc(OC)c(OC)c2)CC1. The minimum atomic E-state index is -0.502. The molecule has 21 heavy (non-hydrogen) atoms. The third kappa shape index (κ3) is 4.09. The minimum Gasteiger partial charge on any atom is -0.493 e. The van der Waals surface area contributed by atoms with Crippen LogP contribution < -0.4 is 9.47 Å². The second-order valence-corrected chi connectivity index (χ2v) is 5.37. The average Bonchev–Trinajstić information content (AvgIpc) is 2.54. The number of nitrogens with zero attached hydrogens (tertiary/aromatic N) is 2. The lowest BCUT2D eigenvalue weighted by Gasteiger charge is -2.35. The molecule has 1 aromatic carbocycles. The van der Waals surface area contributed by atoms with Gasteiger partial charge in [0.1, 0.15) is 0 Å². The molecule has 0 spiro atoms. The largest absolute Gasteiger partial charge is 0.493 e. The highest BCUT2D eigenvalue weighted by atomic mass is 16.5. The molecule has 118 valence electrons. The van der Waals surface area contributed by atoms with Crippen molar-refractivity contribution in [1.29, 1.82) is 0 Å². The van der Waals surface area contributed by atoms with Crippen molar-refractivity contribution in [2.24, 2.45) is 0 Å². The zero-order chi connectivity index (χ0) is 15.2. The number of β-amino-alcohol motifs (C(OH)–C–C–N with tert-alkyl or cyclic N) is 1. The van der Waals surface area contributed by atoms with Crippen molar-refractivity contribution in [2.45, 2.75) is 13.0 Å². The highest BCUT2D eigenvalue weighted by Gasteiger charge is 2.19. The third-order valence-corrected chi connectivity index (χ3v) is 4.14. The first-order valence-electron chi connectivity index (χ1n) is 7.52. The number of hydrogen-bond acceptors (Lipinski definition) is 5. The lowest BCUT2D eigenvalue weighted by Crippen LogP contribution is -2.47. The van der Waals surface area contributed by atoms with Crippen LogP contribution in [0.2, 0.25) is 0 Å². The van der Waals surface area contributed by atoms with Gasteiger partial charge in [0, 0.05) is 32.7 Å². The van der Waals surface area contributed by atoms with E-state index >= 15 is 0 Å². The molecule has 0 saturated carbocycles. The van der Waals surface area contributed by atoms with Crippen LogP contribution in [0.3, 0.4) is 0 Å². The van der Waals surface area contributed by atoms with Crippen LogP contribution in [0.25, 0.3) is 0 Å². The summed E-state index contributed by atoms with van der Waals surface area (Å²) in [6.45, 7) is 8.13. The average molecular weight is 294 g/mol. The van der Waals surface area contributed by atoms with Gasteiger partial charge in [0.15, 0.2) is 11.5 Å². The summed E-state index contributed by atoms with van der Waals surface area (Å²) in [4.78, 5) is 4.74. The van der Waals surface area contributed by atoms with Gasteiger partial charge in [-0.15, -0.1) is 0 Å². The first kappa shape index (κ1) is 16.1. The zero-order valence-electron chi connectivity index (χ0n) is 13.2. The van der Waals surface area contributed by atoms with Crippen molar-refractivity contribution in [3.8, 4) is 11.5 Å². The number of likely N-dealkylation sites (N-methyl/N-ethyl adjacent to an activating group) is 1. The van der Waals surface area contributed by atoms with E-state index in [0.29, 0.717) is 18.0 Å². The number of aliphatic hydroxyl groups excluding tert-OH is 1. The Hall–Kier alpha value is -1.30. The van der Waals surface area contributed by atoms with Gasteiger partial charge in [-0.05, 0) is 24.2 Å². The molecule has 1 aromatic rings. The van der Waals surface area contributed by atoms with Crippen LogP contribution in [-0.4, -0.2) is 68.4 Å². The number of rotatable bonds is 6. The Bertz CT molecular complexity index is 445.